The highest BCUT2D eigenvalue weighted by Crippen LogP contribution is 1.99. The van der Waals surface area contributed by atoms with Crippen LogP contribution in [0.3, 0.4) is 0 Å². The van der Waals surface area contributed by atoms with E-state index in [2.05, 4.69) is 25.4 Å². The van der Waals surface area contributed by atoms with Crippen LogP contribution in [0.4, 0.5) is 0 Å². The van der Waals surface area contributed by atoms with Gasteiger partial charge in [0.25, 0.3) is 0 Å². The standard InChI is InChI=1S/C10H23NS/c1-4-7-10(2)11-8-5-6-9-12-3/h10-11H,4-9H2,1-3H3. The molecule has 0 rings (SSSR count). The zero-order valence-corrected chi connectivity index (χ0v) is 9.54. The lowest BCUT2D eigenvalue weighted by Gasteiger charge is -2.11. The summed E-state index contributed by atoms with van der Waals surface area (Å²) in [6.07, 6.45) is 7.45. The molecule has 0 spiro atoms. The highest BCUT2D eigenvalue weighted by Gasteiger charge is 1.97. The molecule has 0 aromatic carbocycles. The van der Waals surface area contributed by atoms with Crippen LogP contribution in [0.15, 0.2) is 0 Å². The fourth-order valence-corrected chi connectivity index (χ4v) is 1.75. The van der Waals surface area contributed by atoms with E-state index in [0.29, 0.717) is 6.04 Å². The number of hydrogen-bond acceptors (Lipinski definition) is 2. The van der Waals surface area contributed by atoms with Crippen molar-refractivity contribution in [2.45, 2.75) is 45.6 Å². The van der Waals surface area contributed by atoms with E-state index in [0.717, 1.165) is 0 Å². The van der Waals surface area contributed by atoms with Crippen molar-refractivity contribution in [1.29, 1.82) is 0 Å². The fraction of sp³-hybridized carbons (Fsp3) is 1.00. The third-order valence-electron chi connectivity index (χ3n) is 1.99. The number of nitrogens with one attached hydrogen (secondary N) is 1. The normalized spacial score (nSPS) is 13.2. The minimum Gasteiger partial charge on any atom is -0.314 e. The van der Waals surface area contributed by atoms with Crippen LogP contribution in [0.5, 0.6) is 0 Å². The lowest BCUT2D eigenvalue weighted by molar-refractivity contribution is 0.500. The van der Waals surface area contributed by atoms with Gasteiger partial charge in [-0.1, -0.05) is 13.3 Å². The molecule has 1 unspecified atom stereocenters. The lowest BCUT2D eigenvalue weighted by atomic mass is 10.2. The van der Waals surface area contributed by atoms with Gasteiger partial charge in [0.1, 0.15) is 0 Å². The summed E-state index contributed by atoms with van der Waals surface area (Å²) in [5.74, 6) is 1.31. The topological polar surface area (TPSA) is 12.0 Å². The van der Waals surface area contributed by atoms with E-state index >= 15 is 0 Å². The highest BCUT2D eigenvalue weighted by molar-refractivity contribution is 7.98. The maximum atomic E-state index is 3.53. The first-order valence-electron chi connectivity index (χ1n) is 5.03. The van der Waals surface area contributed by atoms with Crippen molar-refractivity contribution in [3.05, 3.63) is 0 Å². The van der Waals surface area contributed by atoms with Crippen molar-refractivity contribution < 1.29 is 0 Å². The average molecular weight is 189 g/mol. The molecule has 0 saturated carbocycles. The largest absolute Gasteiger partial charge is 0.314 e. The zero-order chi connectivity index (χ0) is 9.23. The number of thioether (sulfide) groups is 1. The van der Waals surface area contributed by atoms with Gasteiger partial charge in [0, 0.05) is 6.04 Å². The van der Waals surface area contributed by atoms with Crippen LogP contribution >= 0.6 is 11.8 Å². The van der Waals surface area contributed by atoms with Crippen LogP contribution < -0.4 is 5.32 Å². The Bertz CT molecular complexity index is 85.9. The second kappa shape index (κ2) is 9.40. The lowest BCUT2D eigenvalue weighted by Crippen LogP contribution is -2.26. The van der Waals surface area contributed by atoms with E-state index in [9.17, 15) is 0 Å². The molecule has 0 aromatic rings. The van der Waals surface area contributed by atoms with Gasteiger partial charge in [0.2, 0.25) is 0 Å². The molecule has 2 heteroatoms. The number of unbranched alkanes of at least 4 members (excludes halogenated alkanes) is 1. The van der Waals surface area contributed by atoms with E-state index in [1.807, 2.05) is 11.8 Å². The maximum Gasteiger partial charge on any atom is 0.00386 e. The first-order valence-corrected chi connectivity index (χ1v) is 6.43. The van der Waals surface area contributed by atoms with Gasteiger partial charge in [-0.3, -0.25) is 0 Å². The third kappa shape index (κ3) is 8.41. The summed E-state index contributed by atoms with van der Waals surface area (Å²) in [6.45, 7) is 5.71. The molecule has 0 fully saturated rings. The molecule has 0 amide bonds. The van der Waals surface area contributed by atoms with Gasteiger partial charge in [-0.05, 0) is 44.7 Å². The summed E-state index contributed by atoms with van der Waals surface area (Å²) in [4.78, 5) is 0. The Kier molecular flexibility index (Phi) is 9.64. The van der Waals surface area contributed by atoms with Crippen LogP contribution in [-0.2, 0) is 0 Å². The molecule has 0 aliphatic rings. The molecule has 0 aliphatic heterocycles. The van der Waals surface area contributed by atoms with Crippen molar-refractivity contribution >= 4 is 11.8 Å². The smallest absolute Gasteiger partial charge is 0.00386 e. The summed E-state index contributed by atoms with van der Waals surface area (Å²) in [6, 6.07) is 0.712. The first kappa shape index (κ1) is 12.3. The second-order valence-electron chi connectivity index (χ2n) is 3.34. The summed E-state index contributed by atoms with van der Waals surface area (Å²) < 4.78 is 0. The van der Waals surface area contributed by atoms with Crippen molar-refractivity contribution in [3.8, 4) is 0 Å². The second-order valence-corrected chi connectivity index (χ2v) is 4.33. The van der Waals surface area contributed by atoms with Crippen LogP contribution in [-0.4, -0.2) is 24.6 Å². The van der Waals surface area contributed by atoms with E-state index in [-0.39, 0.29) is 0 Å². The van der Waals surface area contributed by atoms with Crippen molar-refractivity contribution in [3.63, 3.8) is 0 Å². The molecule has 0 aliphatic carbocycles. The Labute approximate surface area is 81.7 Å². The van der Waals surface area contributed by atoms with E-state index < -0.39 is 0 Å². The van der Waals surface area contributed by atoms with E-state index in [1.54, 1.807) is 0 Å². The van der Waals surface area contributed by atoms with Gasteiger partial charge in [0.05, 0.1) is 0 Å². The van der Waals surface area contributed by atoms with Gasteiger partial charge < -0.3 is 5.32 Å². The Morgan fingerprint density at radius 2 is 2.08 bits per heavy atom. The molecule has 1 nitrogen and oxygen atoms in total. The summed E-state index contributed by atoms with van der Waals surface area (Å²) in [5, 5.41) is 3.53. The molecule has 0 aromatic heterocycles. The van der Waals surface area contributed by atoms with Crippen LogP contribution in [0.1, 0.15) is 39.5 Å². The summed E-state index contributed by atoms with van der Waals surface area (Å²) in [7, 11) is 0. The van der Waals surface area contributed by atoms with Crippen LogP contribution in [0.25, 0.3) is 0 Å². The van der Waals surface area contributed by atoms with Gasteiger partial charge in [-0.2, -0.15) is 11.8 Å². The predicted octanol–water partition coefficient (Wildman–Crippen LogP) is 2.91. The van der Waals surface area contributed by atoms with Crippen molar-refractivity contribution in [1.82, 2.24) is 5.32 Å². The third-order valence-corrected chi connectivity index (χ3v) is 2.69. The highest BCUT2D eigenvalue weighted by atomic mass is 32.2. The Morgan fingerprint density at radius 1 is 1.33 bits per heavy atom. The SMILES string of the molecule is CCCC(C)NCCCCSC. The Hall–Kier alpha value is 0.310. The minimum atomic E-state index is 0.712. The number of hydrogen-bond donors (Lipinski definition) is 1. The molecule has 12 heavy (non-hydrogen) atoms. The predicted molar refractivity (Wildman–Crippen MR) is 60.0 cm³/mol. The average Bonchev–Trinajstić information content (AvgIpc) is 2.05. The van der Waals surface area contributed by atoms with Crippen molar-refractivity contribution in [2.24, 2.45) is 0 Å². The quantitative estimate of drug-likeness (QED) is 0.589. The monoisotopic (exact) mass is 189 g/mol. The van der Waals surface area contributed by atoms with Gasteiger partial charge >= 0.3 is 0 Å². The molecule has 0 bridgehead atoms. The van der Waals surface area contributed by atoms with Crippen LogP contribution in [0, 0.1) is 0 Å². The van der Waals surface area contributed by atoms with E-state index in [1.165, 1.54) is 38.0 Å². The molecule has 0 saturated heterocycles. The fourth-order valence-electron chi connectivity index (χ4n) is 1.25. The molecule has 0 heterocycles. The Morgan fingerprint density at radius 3 is 2.67 bits per heavy atom. The molecule has 74 valence electrons. The van der Waals surface area contributed by atoms with Gasteiger partial charge in [0.15, 0.2) is 0 Å². The maximum absolute atomic E-state index is 3.53. The summed E-state index contributed by atoms with van der Waals surface area (Å²) >= 11 is 1.94. The molecular formula is C10H23NS. The zero-order valence-electron chi connectivity index (χ0n) is 8.73. The minimum absolute atomic E-state index is 0.712. The molecule has 1 atom stereocenters. The summed E-state index contributed by atoms with van der Waals surface area (Å²) in [5.41, 5.74) is 0. The molecule has 0 radical (unpaired) electrons. The Balaban J connectivity index is 2.97. The van der Waals surface area contributed by atoms with Gasteiger partial charge in [-0.15, -0.1) is 0 Å². The van der Waals surface area contributed by atoms with Crippen molar-refractivity contribution in [2.75, 3.05) is 18.6 Å². The molecular weight excluding hydrogens is 166 g/mol. The van der Waals surface area contributed by atoms with Gasteiger partial charge in [-0.25, -0.2) is 0 Å². The molecule has 1 N–H and O–H groups in total. The number of rotatable bonds is 8. The van der Waals surface area contributed by atoms with E-state index in [4.69, 9.17) is 0 Å². The van der Waals surface area contributed by atoms with Crippen LogP contribution in [0.2, 0.25) is 0 Å². The first-order chi connectivity index (χ1) is 5.81.